The molecule has 10 rings (SSSR count). The van der Waals surface area contributed by atoms with Crippen LogP contribution in [0.25, 0.3) is 11.1 Å². The van der Waals surface area contributed by atoms with Gasteiger partial charge in [-0.2, -0.15) is 20.4 Å². The van der Waals surface area contributed by atoms with Crippen molar-refractivity contribution in [1.29, 1.82) is 0 Å². The number of amides is 4. The normalized spacial score (nSPS) is 17.0. The van der Waals surface area contributed by atoms with E-state index in [1.807, 2.05) is 133 Å². The van der Waals surface area contributed by atoms with E-state index in [0.717, 1.165) is 94.7 Å². The lowest BCUT2D eigenvalue weighted by Gasteiger charge is -2.12. The number of rotatable bonds is 17. The fourth-order valence-corrected chi connectivity index (χ4v) is 9.90. The summed E-state index contributed by atoms with van der Waals surface area (Å²) in [5, 5.41) is 46.4. The van der Waals surface area contributed by atoms with Crippen molar-refractivity contribution >= 4 is 46.9 Å². The molecule has 4 atom stereocenters. The molecule has 0 bridgehead atoms. The molecule has 2 saturated carbocycles. The third-order valence-corrected chi connectivity index (χ3v) is 13.7. The minimum absolute atomic E-state index is 0.139. The van der Waals surface area contributed by atoms with Crippen molar-refractivity contribution in [3.8, 4) is 11.1 Å². The van der Waals surface area contributed by atoms with Gasteiger partial charge in [-0.1, -0.05) is 109 Å². The molecule has 8 aromatic rings. The van der Waals surface area contributed by atoms with Crippen molar-refractivity contribution in [2.75, 3.05) is 21.3 Å². The van der Waals surface area contributed by atoms with E-state index in [0.29, 0.717) is 23.3 Å². The molecular formula is C58H54N12O4. The van der Waals surface area contributed by atoms with E-state index < -0.39 is 0 Å². The lowest BCUT2D eigenvalue weighted by molar-refractivity contribution is -0.116. The molecule has 4 heterocycles. The second-order valence-corrected chi connectivity index (χ2v) is 19.1. The lowest BCUT2D eigenvalue weighted by atomic mass is 9.99. The highest BCUT2D eigenvalue weighted by molar-refractivity contribution is 5.93. The van der Waals surface area contributed by atoms with Crippen LogP contribution in [-0.4, -0.2) is 64.4 Å². The largest absolute Gasteiger partial charge is 0.309 e. The van der Waals surface area contributed by atoms with Gasteiger partial charge in [-0.3, -0.25) is 19.2 Å². The molecule has 4 aromatic heterocycles. The highest BCUT2D eigenvalue weighted by Gasteiger charge is 2.31. The molecular weight excluding hydrogens is 929 g/mol. The van der Waals surface area contributed by atoms with Gasteiger partial charge in [0.2, 0.25) is 23.6 Å². The number of hydrogen-bond acceptors (Lipinski definition) is 12. The van der Waals surface area contributed by atoms with Crippen LogP contribution in [0.15, 0.2) is 158 Å². The molecule has 4 N–H and O–H groups in total. The second kappa shape index (κ2) is 23.1. The van der Waals surface area contributed by atoms with E-state index in [9.17, 15) is 19.2 Å². The number of carbonyl (C=O) groups is 4. The van der Waals surface area contributed by atoms with Crippen LogP contribution in [-0.2, 0) is 44.9 Å². The summed E-state index contributed by atoms with van der Waals surface area (Å²) in [6.45, 7) is 0. The van der Waals surface area contributed by atoms with Crippen molar-refractivity contribution in [2.45, 2.75) is 87.9 Å². The summed E-state index contributed by atoms with van der Waals surface area (Å²) >= 11 is 0. The van der Waals surface area contributed by atoms with Gasteiger partial charge in [0.25, 0.3) is 0 Å². The first-order chi connectivity index (χ1) is 36.2. The van der Waals surface area contributed by atoms with E-state index in [-0.39, 0.29) is 73.0 Å². The number of anilines is 4. The Morgan fingerprint density at radius 2 is 0.649 bits per heavy atom. The minimum atomic E-state index is -0.201. The van der Waals surface area contributed by atoms with Gasteiger partial charge in [-0.25, -0.2) is 0 Å². The van der Waals surface area contributed by atoms with E-state index in [1.54, 1.807) is 24.3 Å². The summed E-state index contributed by atoms with van der Waals surface area (Å²) < 4.78 is 0. The van der Waals surface area contributed by atoms with Crippen molar-refractivity contribution in [2.24, 2.45) is 0 Å². The molecule has 4 aromatic carbocycles. The van der Waals surface area contributed by atoms with Crippen LogP contribution in [0.2, 0.25) is 0 Å². The molecule has 2 aliphatic rings. The van der Waals surface area contributed by atoms with Gasteiger partial charge in [-0.15, -0.1) is 20.4 Å². The summed E-state index contributed by atoms with van der Waals surface area (Å²) in [5.41, 5.74) is 8.99. The number of aromatic nitrogens is 8. The van der Waals surface area contributed by atoms with Gasteiger partial charge in [0.05, 0.1) is 48.5 Å². The minimum Gasteiger partial charge on any atom is -0.309 e. The Labute approximate surface area is 428 Å². The first kappa shape index (κ1) is 48.7. The first-order valence-electron chi connectivity index (χ1n) is 25.0. The number of hydrogen-bond donors (Lipinski definition) is 4. The molecule has 16 heteroatoms. The number of carbonyl (C=O) groups excluding carboxylic acids is 4. The SMILES string of the molecule is O=C(Cc1ccccc1)Nc1ccc(C2CCC(c3ccc(NC(=O)Cc4ccc(-c5cccc(CC(=O)Nc6ccc(C7CCC(c8ccc(NC(=O)Cc9ccccc9)nn8)C7)nn6)c5)cc4)nn3)C2)nn1. The summed E-state index contributed by atoms with van der Waals surface area (Å²) in [6.07, 6.45) is 6.32. The zero-order valence-corrected chi connectivity index (χ0v) is 40.6. The van der Waals surface area contributed by atoms with Crippen molar-refractivity contribution in [3.63, 3.8) is 0 Å². The Morgan fingerprint density at radius 1 is 0.324 bits per heavy atom. The van der Waals surface area contributed by atoms with Crippen LogP contribution in [0.3, 0.4) is 0 Å². The predicted octanol–water partition coefficient (Wildman–Crippen LogP) is 9.34. The molecule has 0 spiro atoms. The van der Waals surface area contributed by atoms with Crippen LogP contribution >= 0.6 is 0 Å². The van der Waals surface area contributed by atoms with Crippen LogP contribution in [0, 0.1) is 0 Å². The maximum atomic E-state index is 13.1. The van der Waals surface area contributed by atoms with Crippen molar-refractivity contribution in [1.82, 2.24) is 40.8 Å². The Hall–Kier alpha value is -8.92. The highest BCUT2D eigenvalue weighted by atomic mass is 16.2. The summed E-state index contributed by atoms with van der Waals surface area (Å²) in [6, 6.07) is 49.7. The summed E-state index contributed by atoms with van der Waals surface area (Å²) in [5.74, 6) is 1.82. The lowest BCUT2D eigenvalue weighted by Crippen LogP contribution is -2.16. The monoisotopic (exact) mass is 982 g/mol. The maximum Gasteiger partial charge on any atom is 0.229 e. The Kier molecular flexibility index (Phi) is 15.2. The maximum absolute atomic E-state index is 13.1. The summed E-state index contributed by atoms with van der Waals surface area (Å²) in [7, 11) is 0. The average Bonchev–Trinajstić information content (AvgIpc) is 4.13. The van der Waals surface area contributed by atoms with Gasteiger partial charge < -0.3 is 21.3 Å². The van der Waals surface area contributed by atoms with Crippen LogP contribution in [0.1, 0.15) is 107 Å². The molecule has 0 radical (unpaired) electrons. The first-order valence-corrected chi connectivity index (χ1v) is 25.0. The van der Waals surface area contributed by atoms with Crippen LogP contribution in [0.5, 0.6) is 0 Å². The van der Waals surface area contributed by atoms with E-state index in [1.165, 1.54) is 0 Å². The standard InChI is InChI=1S/C58H54N12O4/c71-55(31-37-8-3-1-4-9-37)59-51-26-22-47(63-67-51)43-18-19-45(35-43)49-24-28-53(69-65-49)61-57(73)33-39-14-16-41(17-15-39)42-13-7-12-40(30-42)34-58(74)62-54-29-25-50(66-70-54)46-21-20-44(36-46)48-23-27-52(68-64-48)60-56(72)32-38-10-5-2-6-11-38/h1-17,22-30,43-46H,18-21,31-36H2,(H,59,67,71)(H,60,68,72)(H,61,69,73)(H,62,70,74). The van der Waals surface area contributed by atoms with Crippen LogP contribution in [0.4, 0.5) is 23.3 Å². The van der Waals surface area contributed by atoms with E-state index >= 15 is 0 Å². The van der Waals surface area contributed by atoms with Gasteiger partial charge in [-0.05, 0) is 120 Å². The highest BCUT2D eigenvalue weighted by Crippen LogP contribution is 2.43. The van der Waals surface area contributed by atoms with Crippen molar-refractivity contribution < 1.29 is 19.2 Å². The molecule has 74 heavy (non-hydrogen) atoms. The Balaban J connectivity index is 0.643. The number of benzene rings is 4. The molecule has 0 aliphatic heterocycles. The molecule has 16 nitrogen and oxygen atoms in total. The molecule has 2 fully saturated rings. The fourth-order valence-electron chi connectivity index (χ4n) is 9.90. The zero-order valence-electron chi connectivity index (χ0n) is 40.6. The predicted molar refractivity (Wildman–Crippen MR) is 281 cm³/mol. The number of nitrogens with zero attached hydrogens (tertiary/aromatic N) is 8. The van der Waals surface area contributed by atoms with Gasteiger partial charge >= 0.3 is 0 Å². The summed E-state index contributed by atoms with van der Waals surface area (Å²) in [4.78, 5) is 51.1. The third-order valence-electron chi connectivity index (χ3n) is 13.7. The van der Waals surface area contributed by atoms with Crippen molar-refractivity contribution in [3.05, 3.63) is 203 Å². The second-order valence-electron chi connectivity index (χ2n) is 19.1. The topological polar surface area (TPSA) is 220 Å². The molecule has 4 amide bonds. The van der Waals surface area contributed by atoms with Gasteiger partial charge in [0, 0.05) is 23.7 Å². The molecule has 370 valence electrons. The van der Waals surface area contributed by atoms with Gasteiger partial charge in [0.1, 0.15) is 0 Å². The fraction of sp³-hybridized carbons (Fsp3) is 0.241. The smallest absolute Gasteiger partial charge is 0.229 e. The van der Waals surface area contributed by atoms with E-state index in [4.69, 9.17) is 0 Å². The van der Waals surface area contributed by atoms with E-state index in [2.05, 4.69) is 62.1 Å². The zero-order chi connectivity index (χ0) is 50.6. The van der Waals surface area contributed by atoms with Crippen LogP contribution < -0.4 is 21.3 Å². The molecule has 4 unspecified atom stereocenters. The van der Waals surface area contributed by atoms with Gasteiger partial charge in [0.15, 0.2) is 23.3 Å². The Morgan fingerprint density at radius 3 is 0.986 bits per heavy atom. The number of nitrogens with one attached hydrogen (secondary N) is 4. The third kappa shape index (κ3) is 12.9. The quantitative estimate of drug-likeness (QED) is 0.0671. The Bertz CT molecular complexity index is 3200. The average molecular weight is 983 g/mol. The molecule has 0 saturated heterocycles. The molecule has 2 aliphatic carbocycles.